The molecule has 0 saturated carbocycles. The van der Waals surface area contributed by atoms with Crippen LogP contribution in [-0.2, 0) is 10.2 Å². The summed E-state index contributed by atoms with van der Waals surface area (Å²) < 4.78 is 44.7. The minimum atomic E-state index is -1.72. The Morgan fingerprint density at radius 3 is 2.37 bits per heavy atom. The lowest BCUT2D eigenvalue weighted by Gasteiger charge is -2.37. The summed E-state index contributed by atoms with van der Waals surface area (Å²) in [5.74, 6) is -3.80. The molecular weight excluding hydrogens is 534 g/mol. The first-order valence-electron chi connectivity index (χ1n) is 12.0. The molecule has 1 heterocycles. The monoisotopic (exact) mass is 559 g/mol. The first-order chi connectivity index (χ1) is 17.9. The SMILES string of the molecule is CC(C)(C)C[C@@H]1N[C@@H](C(=O)Nc2ccc(F)cc2)[C@H](c2cccc(Cl)c2F)[C@@]1(C#N)c1ccc(Cl)cc1F. The van der Waals surface area contributed by atoms with Gasteiger partial charge in [-0.15, -0.1) is 0 Å². The Labute approximate surface area is 229 Å². The topological polar surface area (TPSA) is 64.9 Å². The second kappa shape index (κ2) is 10.6. The number of nitrogens with one attached hydrogen (secondary N) is 2. The normalized spacial score (nSPS) is 23.2. The van der Waals surface area contributed by atoms with Gasteiger partial charge in [-0.1, -0.05) is 62.2 Å². The number of rotatable bonds is 5. The molecule has 0 radical (unpaired) electrons. The maximum absolute atomic E-state index is 15.6. The molecule has 2 N–H and O–H groups in total. The van der Waals surface area contributed by atoms with E-state index in [0.29, 0.717) is 12.1 Å². The Balaban J connectivity index is 1.96. The van der Waals surface area contributed by atoms with Crippen LogP contribution in [0.4, 0.5) is 18.9 Å². The number of nitriles is 1. The highest BCUT2D eigenvalue weighted by molar-refractivity contribution is 6.31. The molecule has 1 fully saturated rings. The van der Waals surface area contributed by atoms with Crippen LogP contribution in [0, 0.1) is 34.2 Å². The number of amides is 1. The smallest absolute Gasteiger partial charge is 0.242 e. The zero-order chi connectivity index (χ0) is 27.8. The molecule has 0 aliphatic carbocycles. The van der Waals surface area contributed by atoms with E-state index in [4.69, 9.17) is 23.2 Å². The summed E-state index contributed by atoms with van der Waals surface area (Å²) in [6.07, 6.45) is 0.349. The van der Waals surface area contributed by atoms with E-state index >= 15 is 8.78 Å². The second-order valence-electron chi connectivity index (χ2n) is 10.7. The van der Waals surface area contributed by atoms with Gasteiger partial charge in [0.1, 0.15) is 22.9 Å². The molecule has 4 atom stereocenters. The minimum absolute atomic E-state index is 0.00318. The number of hydrogen-bond donors (Lipinski definition) is 2. The molecule has 4 rings (SSSR count). The molecule has 0 unspecified atom stereocenters. The van der Waals surface area contributed by atoms with Crippen molar-refractivity contribution >= 4 is 34.8 Å². The Morgan fingerprint density at radius 1 is 1.08 bits per heavy atom. The van der Waals surface area contributed by atoms with Gasteiger partial charge in [-0.2, -0.15) is 5.26 Å². The number of benzene rings is 3. The van der Waals surface area contributed by atoms with Crippen LogP contribution in [0.15, 0.2) is 60.7 Å². The molecule has 9 heteroatoms. The van der Waals surface area contributed by atoms with Crippen LogP contribution in [0.3, 0.4) is 0 Å². The highest BCUT2D eigenvalue weighted by Gasteiger charge is 2.61. The van der Waals surface area contributed by atoms with Gasteiger partial charge in [0.25, 0.3) is 0 Å². The van der Waals surface area contributed by atoms with Gasteiger partial charge in [0.05, 0.1) is 17.1 Å². The van der Waals surface area contributed by atoms with Gasteiger partial charge in [0.15, 0.2) is 0 Å². The number of nitrogens with zero attached hydrogens (tertiary/aromatic N) is 1. The molecule has 198 valence electrons. The van der Waals surface area contributed by atoms with Crippen molar-refractivity contribution in [3.8, 4) is 6.07 Å². The van der Waals surface area contributed by atoms with E-state index in [1.807, 2.05) is 20.8 Å². The van der Waals surface area contributed by atoms with Crippen molar-refractivity contribution in [1.82, 2.24) is 5.32 Å². The Morgan fingerprint density at radius 2 is 1.76 bits per heavy atom. The highest BCUT2D eigenvalue weighted by Crippen LogP contribution is 2.52. The predicted molar refractivity (Wildman–Crippen MR) is 143 cm³/mol. The standard InChI is InChI=1S/C29H26Cl2F3N3O/c1-28(2,3)14-23-29(15-35,20-12-7-16(30)13-22(20)33)24(19-5-4-6-21(31)25(19)34)26(37-23)27(38)36-18-10-8-17(32)9-11-18/h4-13,23-24,26,37H,14H2,1-3H3,(H,36,38)/t23-,24-,26+,29-/m0/s1. The zero-order valence-corrected chi connectivity index (χ0v) is 22.5. The Bertz CT molecular complexity index is 1400. The van der Waals surface area contributed by atoms with Crippen LogP contribution in [0.1, 0.15) is 44.2 Å². The van der Waals surface area contributed by atoms with E-state index in [1.165, 1.54) is 54.6 Å². The lowest BCUT2D eigenvalue weighted by molar-refractivity contribution is -0.118. The van der Waals surface area contributed by atoms with Crippen LogP contribution in [0.25, 0.3) is 0 Å². The molecule has 38 heavy (non-hydrogen) atoms. The summed E-state index contributed by atoms with van der Waals surface area (Å²) in [6, 6.07) is 13.8. The largest absolute Gasteiger partial charge is 0.325 e. The number of hydrogen-bond acceptors (Lipinski definition) is 3. The van der Waals surface area contributed by atoms with Gasteiger partial charge in [-0.25, -0.2) is 13.2 Å². The van der Waals surface area contributed by atoms with Gasteiger partial charge < -0.3 is 10.6 Å². The number of carbonyl (C=O) groups excluding carboxylic acids is 1. The van der Waals surface area contributed by atoms with Gasteiger partial charge >= 0.3 is 0 Å². The molecular formula is C29H26Cl2F3N3O. The summed E-state index contributed by atoms with van der Waals surface area (Å²) in [6.45, 7) is 5.86. The summed E-state index contributed by atoms with van der Waals surface area (Å²) >= 11 is 12.2. The van der Waals surface area contributed by atoms with Crippen LogP contribution in [0.2, 0.25) is 10.0 Å². The fourth-order valence-corrected chi connectivity index (χ4v) is 5.65. The molecule has 1 aliphatic rings. The Hall–Kier alpha value is -3.05. The first-order valence-corrected chi connectivity index (χ1v) is 12.8. The van der Waals surface area contributed by atoms with Crippen molar-refractivity contribution in [3.63, 3.8) is 0 Å². The summed E-state index contributed by atoms with van der Waals surface area (Å²) in [5.41, 5.74) is -1.78. The van der Waals surface area contributed by atoms with Crippen molar-refractivity contribution in [1.29, 1.82) is 5.26 Å². The predicted octanol–water partition coefficient (Wildman–Crippen LogP) is 7.37. The fraction of sp³-hybridized carbons (Fsp3) is 0.310. The van der Waals surface area contributed by atoms with Crippen LogP contribution < -0.4 is 10.6 Å². The molecule has 3 aromatic carbocycles. The average molecular weight is 560 g/mol. The minimum Gasteiger partial charge on any atom is -0.325 e. The molecule has 3 aromatic rings. The maximum atomic E-state index is 15.6. The summed E-state index contributed by atoms with van der Waals surface area (Å²) in [5, 5.41) is 16.7. The van der Waals surface area contributed by atoms with E-state index in [-0.39, 0.29) is 26.6 Å². The van der Waals surface area contributed by atoms with E-state index in [0.717, 1.165) is 6.07 Å². The average Bonchev–Trinajstić information content (AvgIpc) is 3.15. The van der Waals surface area contributed by atoms with E-state index < -0.39 is 46.8 Å². The maximum Gasteiger partial charge on any atom is 0.242 e. The third-order valence-electron chi connectivity index (χ3n) is 6.84. The molecule has 1 aliphatic heterocycles. The molecule has 0 spiro atoms. The number of carbonyl (C=O) groups is 1. The number of halogens is 5. The van der Waals surface area contributed by atoms with Crippen molar-refractivity contribution in [2.75, 3.05) is 5.32 Å². The van der Waals surface area contributed by atoms with Crippen molar-refractivity contribution < 1.29 is 18.0 Å². The van der Waals surface area contributed by atoms with Crippen molar-refractivity contribution in [2.24, 2.45) is 5.41 Å². The molecule has 0 bridgehead atoms. The third-order valence-corrected chi connectivity index (χ3v) is 7.37. The zero-order valence-electron chi connectivity index (χ0n) is 21.0. The van der Waals surface area contributed by atoms with Gasteiger partial charge in [0, 0.05) is 28.2 Å². The fourth-order valence-electron chi connectivity index (χ4n) is 5.31. The molecule has 1 saturated heterocycles. The first kappa shape index (κ1) is 28.0. The summed E-state index contributed by atoms with van der Waals surface area (Å²) in [7, 11) is 0. The highest BCUT2D eigenvalue weighted by atomic mass is 35.5. The van der Waals surface area contributed by atoms with E-state index in [9.17, 15) is 14.4 Å². The molecule has 0 aromatic heterocycles. The van der Waals surface area contributed by atoms with Gasteiger partial charge in [-0.3, -0.25) is 4.79 Å². The molecule has 4 nitrogen and oxygen atoms in total. The van der Waals surface area contributed by atoms with E-state index in [1.54, 1.807) is 0 Å². The molecule has 1 amide bonds. The third kappa shape index (κ3) is 5.26. The second-order valence-corrected chi connectivity index (χ2v) is 11.5. The lowest BCUT2D eigenvalue weighted by atomic mass is 9.62. The van der Waals surface area contributed by atoms with Gasteiger partial charge in [-0.05, 0) is 59.9 Å². The quantitative estimate of drug-likeness (QED) is 0.343. The van der Waals surface area contributed by atoms with Crippen LogP contribution in [-0.4, -0.2) is 18.0 Å². The number of anilines is 1. The van der Waals surface area contributed by atoms with Gasteiger partial charge in [0.2, 0.25) is 5.91 Å². The lowest BCUT2D eigenvalue weighted by Crippen LogP contribution is -2.45. The van der Waals surface area contributed by atoms with Crippen LogP contribution in [0.5, 0.6) is 0 Å². The van der Waals surface area contributed by atoms with Crippen molar-refractivity contribution in [2.45, 2.75) is 50.6 Å². The van der Waals surface area contributed by atoms with Crippen molar-refractivity contribution in [3.05, 3.63) is 99.3 Å². The Kier molecular flexibility index (Phi) is 7.81. The summed E-state index contributed by atoms with van der Waals surface area (Å²) in [4.78, 5) is 13.7. The van der Waals surface area contributed by atoms with E-state index in [2.05, 4.69) is 16.7 Å². The van der Waals surface area contributed by atoms with Crippen LogP contribution >= 0.6 is 23.2 Å².